The number of hydrogen-bond acceptors (Lipinski definition) is 9. The highest BCUT2D eigenvalue weighted by atomic mass is 16.5. The lowest BCUT2D eigenvalue weighted by Crippen LogP contribution is -2.71. The summed E-state index contributed by atoms with van der Waals surface area (Å²) in [5, 5.41) is 17.1. The van der Waals surface area contributed by atoms with E-state index in [9.17, 15) is 0 Å². The number of hydrogen-bond donors (Lipinski definition) is 3. The molecule has 3 aliphatic rings. The molecule has 2 saturated heterocycles. The first-order valence-corrected chi connectivity index (χ1v) is 11.8. The number of nitrogens with zero attached hydrogens (tertiary/aromatic N) is 6. The molecule has 3 aromatic rings. The van der Waals surface area contributed by atoms with Crippen molar-refractivity contribution in [1.82, 2.24) is 24.9 Å². The minimum absolute atomic E-state index is 0.368. The summed E-state index contributed by atoms with van der Waals surface area (Å²) in [5.74, 6) is 6.27. The highest BCUT2D eigenvalue weighted by Crippen LogP contribution is 2.32. The van der Waals surface area contributed by atoms with E-state index < -0.39 is 0 Å². The van der Waals surface area contributed by atoms with Crippen molar-refractivity contribution in [3.8, 4) is 6.07 Å². The molecule has 2 fully saturated rings. The van der Waals surface area contributed by atoms with E-state index in [0.717, 1.165) is 56.2 Å². The number of fused-ring (bicyclic) bond motifs is 2. The highest BCUT2D eigenvalue weighted by Gasteiger charge is 2.43. The third-order valence-electron chi connectivity index (χ3n) is 7.32. The van der Waals surface area contributed by atoms with Crippen molar-refractivity contribution >= 4 is 23.0 Å². The minimum Gasteiger partial charge on any atom is -0.380 e. The van der Waals surface area contributed by atoms with Crippen LogP contribution in [0.3, 0.4) is 0 Å². The second-order valence-electron chi connectivity index (χ2n) is 9.56. The van der Waals surface area contributed by atoms with Gasteiger partial charge in [-0.05, 0) is 48.2 Å². The van der Waals surface area contributed by atoms with E-state index >= 15 is 0 Å². The van der Waals surface area contributed by atoms with Gasteiger partial charge in [0.1, 0.15) is 0 Å². The normalized spacial score (nSPS) is 21.8. The molecular formula is C24H29N9O. The molecule has 3 aliphatic heterocycles. The third kappa shape index (κ3) is 3.76. The molecular weight excluding hydrogens is 430 g/mol. The molecule has 4 N–H and O–H groups in total. The zero-order valence-corrected chi connectivity index (χ0v) is 19.1. The van der Waals surface area contributed by atoms with Gasteiger partial charge < -0.3 is 15.0 Å². The fourth-order valence-corrected chi connectivity index (χ4v) is 5.36. The Hall–Kier alpha value is -3.23. The van der Waals surface area contributed by atoms with E-state index in [0.29, 0.717) is 31.5 Å². The Morgan fingerprint density at radius 1 is 1.26 bits per heavy atom. The zero-order valence-electron chi connectivity index (χ0n) is 19.1. The molecule has 0 radical (unpaired) electrons. The van der Waals surface area contributed by atoms with Crippen molar-refractivity contribution in [1.29, 1.82) is 5.26 Å². The van der Waals surface area contributed by atoms with Crippen LogP contribution < -0.4 is 21.5 Å². The van der Waals surface area contributed by atoms with Crippen LogP contribution in [0, 0.1) is 11.3 Å². The first-order chi connectivity index (χ1) is 16.7. The molecule has 0 saturated carbocycles. The summed E-state index contributed by atoms with van der Waals surface area (Å²) in [6.45, 7) is 5.10. The van der Waals surface area contributed by atoms with Gasteiger partial charge in [-0.3, -0.25) is 10.7 Å². The van der Waals surface area contributed by atoms with Crippen LogP contribution in [0.4, 0.5) is 17.3 Å². The second kappa shape index (κ2) is 8.52. The Bertz CT molecular complexity index is 1240. The predicted octanol–water partition coefficient (Wildman–Crippen LogP) is 1.56. The predicted molar refractivity (Wildman–Crippen MR) is 129 cm³/mol. The Kier molecular flexibility index (Phi) is 5.34. The summed E-state index contributed by atoms with van der Waals surface area (Å²) in [6, 6.07) is 13.3. The highest BCUT2D eigenvalue weighted by molar-refractivity contribution is 5.72. The number of pyridine rings is 1. The van der Waals surface area contributed by atoms with Crippen molar-refractivity contribution in [2.24, 2.45) is 5.84 Å². The molecule has 34 heavy (non-hydrogen) atoms. The standard InChI is InChI=1S/C24H29N9O/c25-8-7-24(30-26)15-32(16-24)21-2-1-9-33-22(21)28-23(29-33)27-19-4-3-18-13-31(10-5-17(18)12-19)20-6-11-34-14-20/h1-4,9,12,20,30H,5-7,10-11,13-16,26H2,(H,27,29)/t20-/m1/s1. The van der Waals surface area contributed by atoms with E-state index in [1.807, 2.05) is 18.3 Å². The lowest BCUT2D eigenvalue weighted by molar-refractivity contribution is 0.135. The maximum Gasteiger partial charge on any atom is 0.247 e. The first kappa shape index (κ1) is 21.3. The van der Waals surface area contributed by atoms with Gasteiger partial charge in [-0.25, -0.2) is 9.94 Å². The molecule has 1 aromatic carbocycles. The van der Waals surface area contributed by atoms with Gasteiger partial charge in [0.05, 0.1) is 30.3 Å². The van der Waals surface area contributed by atoms with Gasteiger partial charge in [-0.15, -0.1) is 5.10 Å². The van der Waals surface area contributed by atoms with E-state index in [1.165, 1.54) is 11.1 Å². The zero-order chi connectivity index (χ0) is 23.1. The molecule has 6 rings (SSSR count). The summed E-state index contributed by atoms with van der Waals surface area (Å²) >= 11 is 0. The molecule has 1 atom stereocenters. The van der Waals surface area contributed by atoms with Gasteiger partial charge in [0, 0.05) is 50.7 Å². The molecule has 2 aromatic heterocycles. The number of ether oxygens (including phenoxy) is 1. The monoisotopic (exact) mass is 459 g/mol. The number of benzene rings is 1. The largest absolute Gasteiger partial charge is 0.380 e. The lowest BCUT2D eigenvalue weighted by atomic mass is 9.87. The third-order valence-corrected chi connectivity index (χ3v) is 7.32. The molecule has 10 heteroatoms. The number of rotatable bonds is 6. The Morgan fingerprint density at radius 3 is 2.97 bits per heavy atom. The summed E-state index contributed by atoms with van der Waals surface area (Å²) in [5.41, 5.74) is 7.98. The molecule has 176 valence electrons. The maximum atomic E-state index is 9.10. The summed E-state index contributed by atoms with van der Waals surface area (Å²) in [6.07, 6.45) is 4.44. The van der Waals surface area contributed by atoms with Crippen LogP contribution in [0.2, 0.25) is 0 Å². The molecule has 0 unspecified atom stereocenters. The van der Waals surface area contributed by atoms with Crippen LogP contribution in [-0.2, 0) is 17.7 Å². The number of hydrazine groups is 1. The van der Waals surface area contributed by atoms with E-state index in [4.69, 9.17) is 20.8 Å². The summed E-state index contributed by atoms with van der Waals surface area (Å²) in [4.78, 5) is 9.49. The van der Waals surface area contributed by atoms with Gasteiger partial charge in [-0.1, -0.05) is 6.07 Å². The van der Waals surface area contributed by atoms with E-state index in [-0.39, 0.29) is 5.54 Å². The molecule has 10 nitrogen and oxygen atoms in total. The Balaban J connectivity index is 1.18. The SMILES string of the molecule is N#CCC1(NN)CN(c2cccn3nc(Nc4ccc5c(c4)CCN([C@@H]4CCOC4)C5)nc23)C1. The second-order valence-corrected chi connectivity index (χ2v) is 9.56. The van der Waals surface area contributed by atoms with Crippen molar-refractivity contribution in [2.75, 3.05) is 43.1 Å². The van der Waals surface area contributed by atoms with Crippen LogP contribution in [-0.4, -0.2) is 63.9 Å². The molecule has 5 heterocycles. The van der Waals surface area contributed by atoms with Gasteiger partial charge >= 0.3 is 0 Å². The molecule has 0 aliphatic carbocycles. The van der Waals surface area contributed by atoms with E-state index in [1.54, 1.807) is 4.52 Å². The average molecular weight is 460 g/mol. The number of aromatic nitrogens is 3. The van der Waals surface area contributed by atoms with Gasteiger partial charge in [0.2, 0.25) is 5.95 Å². The van der Waals surface area contributed by atoms with Crippen molar-refractivity contribution in [3.05, 3.63) is 47.7 Å². The van der Waals surface area contributed by atoms with Crippen LogP contribution >= 0.6 is 0 Å². The lowest BCUT2D eigenvalue weighted by Gasteiger charge is -2.49. The maximum absolute atomic E-state index is 9.10. The van der Waals surface area contributed by atoms with Crippen molar-refractivity contribution < 1.29 is 4.74 Å². The number of anilines is 3. The minimum atomic E-state index is -0.369. The van der Waals surface area contributed by atoms with Gasteiger partial charge in [0.25, 0.3) is 0 Å². The fourth-order valence-electron chi connectivity index (χ4n) is 5.36. The average Bonchev–Trinajstić information content (AvgIpc) is 3.51. The fraction of sp³-hybridized carbons (Fsp3) is 0.458. The number of nitrogens with one attached hydrogen (secondary N) is 2. The van der Waals surface area contributed by atoms with Crippen LogP contribution in [0.15, 0.2) is 36.5 Å². The first-order valence-electron chi connectivity index (χ1n) is 11.8. The summed E-state index contributed by atoms with van der Waals surface area (Å²) < 4.78 is 7.37. The van der Waals surface area contributed by atoms with Crippen LogP contribution in [0.25, 0.3) is 5.65 Å². The summed E-state index contributed by atoms with van der Waals surface area (Å²) in [7, 11) is 0. The van der Waals surface area contributed by atoms with Crippen LogP contribution in [0.5, 0.6) is 0 Å². The van der Waals surface area contributed by atoms with Crippen molar-refractivity contribution in [2.45, 2.75) is 37.4 Å². The number of nitrogens with two attached hydrogens (primary N) is 1. The quantitative estimate of drug-likeness (QED) is 0.372. The topological polar surface area (TPSA) is 120 Å². The molecule has 0 spiro atoms. The van der Waals surface area contributed by atoms with Gasteiger partial charge in [-0.2, -0.15) is 10.2 Å². The number of nitriles is 1. The van der Waals surface area contributed by atoms with Gasteiger partial charge in [0.15, 0.2) is 5.65 Å². The van der Waals surface area contributed by atoms with E-state index in [2.05, 4.69) is 49.9 Å². The van der Waals surface area contributed by atoms with Crippen LogP contribution in [0.1, 0.15) is 24.0 Å². The smallest absolute Gasteiger partial charge is 0.247 e. The molecule has 0 bridgehead atoms. The Labute approximate surface area is 198 Å². The van der Waals surface area contributed by atoms with Crippen molar-refractivity contribution in [3.63, 3.8) is 0 Å². The Morgan fingerprint density at radius 2 is 2.18 bits per heavy atom. The molecule has 0 amide bonds.